The van der Waals surface area contributed by atoms with Crippen molar-refractivity contribution in [3.8, 4) is 0 Å². The molecular weight excluding hydrogens is 242 g/mol. The zero-order valence-corrected chi connectivity index (χ0v) is 9.91. The normalized spacial score (nSPS) is 10.9. The van der Waals surface area contributed by atoms with Crippen LogP contribution in [0.5, 0.6) is 0 Å². The first-order chi connectivity index (χ1) is 8.16. The molecule has 1 aromatic heterocycles. The highest BCUT2D eigenvalue weighted by Gasteiger charge is 2.08. The Kier molecular flexibility index (Phi) is 3.64. The average Bonchev–Trinajstić information content (AvgIpc) is 2.69. The van der Waals surface area contributed by atoms with Gasteiger partial charge in [0, 0.05) is 12.8 Å². The largest absolute Gasteiger partial charge is 0.481 e. The van der Waals surface area contributed by atoms with Gasteiger partial charge in [-0.3, -0.25) is 4.79 Å². The van der Waals surface area contributed by atoms with Crippen molar-refractivity contribution in [2.24, 2.45) is 0 Å². The lowest BCUT2D eigenvalue weighted by molar-refractivity contribution is -0.137. The van der Waals surface area contributed by atoms with Gasteiger partial charge in [0.05, 0.1) is 5.02 Å². The molecule has 0 bridgehead atoms. The number of carboxylic acids is 1. The minimum Gasteiger partial charge on any atom is -0.481 e. The number of carbonyl (C=O) groups is 1. The van der Waals surface area contributed by atoms with Gasteiger partial charge >= 0.3 is 5.97 Å². The molecular formula is C12H12ClNO3. The van der Waals surface area contributed by atoms with Gasteiger partial charge in [0.15, 0.2) is 11.5 Å². The monoisotopic (exact) mass is 253 g/mol. The van der Waals surface area contributed by atoms with Crippen LogP contribution in [0.4, 0.5) is 0 Å². The molecule has 0 aliphatic rings. The third kappa shape index (κ3) is 2.97. The second-order valence-electron chi connectivity index (χ2n) is 3.80. The fraction of sp³-hybridized carbons (Fsp3) is 0.333. The van der Waals surface area contributed by atoms with Gasteiger partial charge in [-0.25, -0.2) is 4.98 Å². The minimum atomic E-state index is -0.773. The third-order valence-corrected chi connectivity index (χ3v) is 2.74. The molecule has 0 unspecified atom stereocenters. The molecule has 5 heteroatoms. The summed E-state index contributed by atoms with van der Waals surface area (Å²) in [5.74, 6) is -0.163. The number of aliphatic carboxylic acids is 1. The Bertz CT molecular complexity index is 536. The minimum absolute atomic E-state index is 0.182. The van der Waals surface area contributed by atoms with E-state index in [2.05, 4.69) is 4.98 Å². The molecule has 0 spiro atoms. The van der Waals surface area contributed by atoms with E-state index in [1.54, 1.807) is 6.07 Å². The number of rotatable bonds is 5. The van der Waals surface area contributed by atoms with Crippen LogP contribution in [0, 0.1) is 0 Å². The van der Waals surface area contributed by atoms with Crippen molar-refractivity contribution in [1.82, 2.24) is 4.98 Å². The quantitative estimate of drug-likeness (QED) is 0.831. The maximum Gasteiger partial charge on any atom is 0.303 e. The SMILES string of the molecule is O=C(O)CCCCc1nc2cccc(Cl)c2o1. The number of hydrogen-bond donors (Lipinski definition) is 1. The molecule has 0 aliphatic carbocycles. The zero-order chi connectivity index (χ0) is 12.3. The Balaban J connectivity index is 2.00. The molecule has 1 heterocycles. The van der Waals surface area contributed by atoms with Crippen LogP contribution < -0.4 is 0 Å². The van der Waals surface area contributed by atoms with Gasteiger partial charge in [-0.1, -0.05) is 17.7 Å². The number of aryl methyl sites for hydroxylation is 1. The van der Waals surface area contributed by atoms with E-state index in [1.165, 1.54) is 0 Å². The van der Waals surface area contributed by atoms with Gasteiger partial charge < -0.3 is 9.52 Å². The van der Waals surface area contributed by atoms with Crippen LogP contribution in [0.3, 0.4) is 0 Å². The molecule has 90 valence electrons. The molecule has 0 fully saturated rings. The van der Waals surface area contributed by atoms with E-state index < -0.39 is 5.97 Å². The predicted molar refractivity (Wildman–Crippen MR) is 64.2 cm³/mol. The second-order valence-corrected chi connectivity index (χ2v) is 4.20. The van der Waals surface area contributed by atoms with E-state index >= 15 is 0 Å². The van der Waals surface area contributed by atoms with Gasteiger partial charge in [-0.2, -0.15) is 0 Å². The number of aromatic nitrogens is 1. The fourth-order valence-corrected chi connectivity index (χ4v) is 1.83. The summed E-state index contributed by atoms with van der Waals surface area (Å²) in [6.45, 7) is 0. The number of carboxylic acid groups (broad SMARTS) is 1. The standard InChI is InChI=1S/C12H12ClNO3/c13-8-4-3-5-9-12(8)17-10(14-9)6-1-2-7-11(15)16/h3-5H,1-2,6-7H2,(H,15,16). The molecule has 0 saturated carbocycles. The van der Waals surface area contributed by atoms with Crippen molar-refractivity contribution in [3.63, 3.8) is 0 Å². The van der Waals surface area contributed by atoms with E-state index in [9.17, 15) is 4.79 Å². The van der Waals surface area contributed by atoms with Gasteiger partial charge in [0.1, 0.15) is 5.52 Å². The van der Waals surface area contributed by atoms with Crippen LogP contribution in [0.2, 0.25) is 5.02 Å². The number of benzene rings is 1. The zero-order valence-electron chi connectivity index (χ0n) is 9.15. The third-order valence-electron chi connectivity index (χ3n) is 2.44. The van der Waals surface area contributed by atoms with E-state index in [1.807, 2.05) is 12.1 Å². The molecule has 2 rings (SSSR count). The Labute approximate surface area is 103 Å². The Morgan fingerprint density at radius 3 is 2.94 bits per heavy atom. The first kappa shape index (κ1) is 11.9. The summed E-state index contributed by atoms with van der Waals surface area (Å²) in [5, 5.41) is 9.05. The van der Waals surface area contributed by atoms with Crippen LogP contribution in [0.1, 0.15) is 25.2 Å². The lowest BCUT2D eigenvalue weighted by Gasteiger charge is -1.94. The summed E-state index contributed by atoms with van der Waals surface area (Å²) >= 11 is 5.96. The molecule has 0 saturated heterocycles. The number of para-hydroxylation sites is 1. The Morgan fingerprint density at radius 1 is 1.41 bits per heavy atom. The molecule has 4 nitrogen and oxygen atoms in total. The van der Waals surface area contributed by atoms with E-state index in [0.29, 0.717) is 29.3 Å². The molecule has 0 radical (unpaired) electrons. The van der Waals surface area contributed by atoms with Crippen molar-refractivity contribution in [2.75, 3.05) is 0 Å². The first-order valence-corrected chi connectivity index (χ1v) is 5.80. The number of fused-ring (bicyclic) bond motifs is 1. The maximum atomic E-state index is 10.3. The summed E-state index contributed by atoms with van der Waals surface area (Å²) in [5.41, 5.74) is 1.34. The maximum absolute atomic E-state index is 10.3. The molecule has 0 aliphatic heterocycles. The number of halogens is 1. The molecule has 0 amide bonds. The van der Waals surface area contributed by atoms with E-state index in [0.717, 1.165) is 11.9 Å². The Hall–Kier alpha value is -1.55. The molecule has 1 aromatic carbocycles. The average molecular weight is 254 g/mol. The number of oxazole rings is 1. The van der Waals surface area contributed by atoms with Crippen LogP contribution in [-0.4, -0.2) is 16.1 Å². The number of unbranched alkanes of at least 4 members (excludes halogenated alkanes) is 1. The van der Waals surface area contributed by atoms with Crippen LogP contribution in [0.15, 0.2) is 22.6 Å². The molecule has 1 N–H and O–H groups in total. The van der Waals surface area contributed by atoms with Crippen molar-refractivity contribution in [2.45, 2.75) is 25.7 Å². The molecule has 0 atom stereocenters. The highest BCUT2D eigenvalue weighted by atomic mass is 35.5. The van der Waals surface area contributed by atoms with Crippen molar-refractivity contribution in [1.29, 1.82) is 0 Å². The van der Waals surface area contributed by atoms with Crippen LogP contribution in [-0.2, 0) is 11.2 Å². The molecule has 17 heavy (non-hydrogen) atoms. The summed E-state index contributed by atoms with van der Waals surface area (Å²) in [6, 6.07) is 5.41. The molecule has 2 aromatic rings. The van der Waals surface area contributed by atoms with Crippen molar-refractivity contribution < 1.29 is 14.3 Å². The summed E-state index contributed by atoms with van der Waals surface area (Å²) < 4.78 is 5.52. The lowest BCUT2D eigenvalue weighted by atomic mass is 10.2. The summed E-state index contributed by atoms with van der Waals surface area (Å²) in [4.78, 5) is 14.6. The number of nitrogens with zero attached hydrogens (tertiary/aromatic N) is 1. The van der Waals surface area contributed by atoms with Crippen LogP contribution >= 0.6 is 11.6 Å². The first-order valence-electron chi connectivity index (χ1n) is 5.42. The number of hydrogen-bond acceptors (Lipinski definition) is 3. The highest BCUT2D eigenvalue weighted by molar-refractivity contribution is 6.34. The van der Waals surface area contributed by atoms with Gasteiger partial charge in [0.2, 0.25) is 0 Å². The van der Waals surface area contributed by atoms with Crippen LogP contribution in [0.25, 0.3) is 11.1 Å². The van der Waals surface area contributed by atoms with Gasteiger partial charge in [0.25, 0.3) is 0 Å². The van der Waals surface area contributed by atoms with Gasteiger partial charge in [-0.05, 0) is 25.0 Å². The highest BCUT2D eigenvalue weighted by Crippen LogP contribution is 2.24. The summed E-state index contributed by atoms with van der Waals surface area (Å²) in [6.07, 6.45) is 2.19. The predicted octanol–water partition coefficient (Wildman–Crippen LogP) is 3.28. The fourth-order valence-electron chi connectivity index (χ4n) is 1.62. The van der Waals surface area contributed by atoms with Crippen molar-refractivity contribution >= 4 is 28.7 Å². The van der Waals surface area contributed by atoms with E-state index in [-0.39, 0.29) is 6.42 Å². The van der Waals surface area contributed by atoms with E-state index in [4.69, 9.17) is 21.1 Å². The summed E-state index contributed by atoms with van der Waals surface area (Å²) in [7, 11) is 0. The smallest absolute Gasteiger partial charge is 0.303 e. The van der Waals surface area contributed by atoms with Gasteiger partial charge in [-0.15, -0.1) is 0 Å². The van der Waals surface area contributed by atoms with Crippen molar-refractivity contribution in [3.05, 3.63) is 29.1 Å². The topological polar surface area (TPSA) is 63.3 Å². The second kappa shape index (κ2) is 5.19. The lowest BCUT2D eigenvalue weighted by Crippen LogP contribution is -1.94. The Morgan fingerprint density at radius 2 is 2.24 bits per heavy atom.